The Hall–Kier alpha value is -2.50. The molecule has 0 bridgehead atoms. The van der Waals surface area contributed by atoms with Crippen LogP contribution in [0.5, 0.6) is 11.5 Å². The molecule has 0 aliphatic carbocycles. The molecule has 1 aromatic rings. The van der Waals surface area contributed by atoms with Crippen molar-refractivity contribution < 1.29 is 23.8 Å². The van der Waals surface area contributed by atoms with Gasteiger partial charge in [0.25, 0.3) is 5.91 Å². The minimum atomic E-state index is -0.870. The summed E-state index contributed by atoms with van der Waals surface area (Å²) in [4.78, 5) is 26.3. The van der Waals surface area contributed by atoms with Crippen molar-refractivity contribution >= 4 is 18.0 Å². The zero-order chi connectivity index (χ0) is 20.6. The van der Waals surface area contributed by atoms with Crippen LogP contribution >= 0.6 is 0 Å². The number of carbonyl (C=O) groups excluding carboxylic acids is 2. The van der Waals surface area contributed by atoms with Crippen molar-refractivity contribution in [1.29, 1.82) is 0 Å². The number of rotatable bonds is 9. The van der Waals surface area contributed by atoms with Crippen LogP contribution in [-0.2, 0) is 14.3 Å². The third-order valence-electron chi connectivity index (χ3n) is 3.92. The van der Waals surface area contributed by atoms with Gasteiger partial charge < -0.3 is 19.1 Å². The van der Waals surface area contributed by atoms with Crippen molar-refractivity contribution in [3.8, 4) is 11.5 Å². The zero-order valence-corrected chi connectivity index (χ0v) is 17.3. The first-order chi connectivity index (χ1) is 12.7. The zero-order valence-electron chi connectivity index (χ0n) is 17.3. The predicted molar refractivity (Wildman–Crippen MR) is 106 cm³/mol. The van der Waals surface area contributed by atoms with Gasteiger partial charge >= 0.3 is 5.97 Å². The second-order valence-electron chi connectivity index (χ2n) is 6.76. The molecule has 6 heteroatoms. The first kappa shape index (κ1) is 22.5. The van der Waals surface area contributed by atoms with Gasteiger partial charge in [0, 0.05) is 12.1 Å². The number of nitrogens with zero attached hydrogens (tertiary/aromatic N) is 1. The van der Waals surface area contributed by atoms with Gasteiger partial charge in [-0.15, -0.1) is 0 Å². The Morgan fingerprint density at radius 1 is 1.07 bits per heavy atom. The lowest BCUT2D eigenvalue weighted by Crippen LogP contribution is -2.47. The summed E-state index contributed by atoms with van der Waals surface area (Å²) in [6, 6.07) is 5.45. The van der Waals surface area contributed by atoms with Crippen LogP contribution in [0.2, 0.25) is 0 Å². The highest BCUT2D eigenvalue weighted by Crippen LogP contribution is 2.28. The molecule has 0 N–H and O–H groups in total. The van der Waals surface area contributed by atoms with Crippen molar-refractivity contribution in [2.24, 2.45) is 0 Å². The van der Waals surface area contributed by atoms with Gasteiger partial charge in [-0.1, -0.05) is 18.2 Å². The fraction of sp³-hybridized carbons (Fsp3) is 0.524. The summed E-state index contributed by atoms with van der Waals surface area (Å²) in [5.74, 6) is 0.130. The largest absolute Gasteiger partial charge is 0.493 e. The van der Waals surface area contributed by atoms with Crippen LogP contribution in [0.25, 0.3) is 6.08 Å². The minimum Gasteiger partial charge on any atom is -0.493 e. The second-order valence-corrected chi connectivity index (χ2v) is 6.76. The van der Waals surface area contributed by atoms with Crippen molar-refractivity contribution in [2.75, 3.05) is 13.7 Å². The van der Waals surface area contributed by atoms with Crippen LogP contribution in [-0.4, -0.2) is 48.7 Å². The Bertz CT molecular complexity index is 659. The minimum absolute atomic E-state index is 0.0230. The fourth-order valence-corrected chi connectivity index (χ4v) is 2.83. The highest BCUT2D eigenvalue weighted by molar-refractivity contribution is 5.84. The van der Waals surface area contributed by atoms with Crippen molar-refractivity contribution in [2.45, 2.75) is 59.7 Å². The highest BCUT2D eigenvalue weighted by atomic mass is 16.6. The summed E-state index contributed by atoms with van der Waals surface area (Å²) in [5.41, 5.74) is 0.964. The number of carbonyl (C=O) groups is 2. The summed E-state index contributed by atoms with van der Waals surface area (Å²) in [5, 5.41) is 0. The molecule has 0 aliphatic heterocycles. The number of hydrogen-bond acceptors (Lipinski definition) is 5. The molecule has 0 spiro atoms. The van der Waals surface area contributed by atoms with E-state index in [1.807, 2.05) is 58.9 Å². The smallest absolute Gasteiger partial charge is 0.344 e. The van der Waals surface area contributed by atoms with E-state index in [0.29, 0.717) is 11.5 Å². The normalized spacial score (nSPS) is 12.3. The molecule has 0 aromatic heterocycles. The molecule has 150 valence electrons. The van der Waals surface area contributed by atoms with Crippen LogP contribution in [0.4, 0.5) is 0 Å². The van der Waals surface area contributed by atoms with Gasteiger partial charge in [-0.05, 0) is 59.2 Å². The van der Waals surface area contributed by atoms with E-state index in [0.717, 1.165) is 5.56 Å². The van der Waals surface area contributed by atoms with Crippen LogP contribution in [0.1, 0.15) is 47.1 Å². The van der Waals surface area contributed by atoms with Gasteiger partial charge in [-0.25, -0.2) is 4.79 Å². The summed E-state index contributed by atoms with van der Waals surface area (Å²) in [6.07, 6.45) is 2.98. The van der Waals surface area contributed by atoms with Crippen LogP contribution in [0.3, 0.4) is 0 Å². The highest BCUT2D eigenvalue weighted by Gasteiger charge is 2.27. The number of esters is 1. The van der Waals surface area contributed by atoms with E-state index >= 15 is 0 Å². The van der Waals surface area contributed by atoms with Gasteiger partial charge in [0.2, 0.25) is 0 Å². The molecule has 0 saturated heterocycles. The van der Waals surface area contributed by atoms with E-state index in [9.17, 15) is 9.59 Å². The summed E-state index contributed by atoms with van der Waals surface area (Å²) in [6.45, 7) is 10.9. The molecule has 6 nitrogen and oxygen atoms in total. The molecule has 1 rings (SSSR count). The predicted octanol–water partition coefficient (Wildman–Crippen LogP) is 3.68. The third kappa shape index (κ3) is 6.62. The Morgan fingerprint density at radius 2 is 1.70 bits per heavy atom. The van der Waals surface area contributed by atoms with E-state index in [2.05, 4.69) is 0 Å². The summed E-state index contributed by atoms with van der Waals surface area (Å²) < 4.78 is 16.1. The van der Waals surface area contributed by atoms with E-state index in [-0.39, 0.29) is 24.6 Å². The quantitative estimate of drug-likeness (QED) is 0.614. The van der Waals surface area contributed by atoms with Crippen LogP contribution in [0, 0.1) is 0 Å². The number of allylic oxidation sites excluding steroid dienone is 1. The molecule has 1 unspecified atom stereocenters. The number of methoxy groups -OCH3 is 1. The summed E-state index contributed by atoms with van der Waals surface area (Å²) in [7, 11) is 1.53. The first-order valence-electron chi connectivity index (χ1n) is 9.16. The first-order valence-corrected chi connectivity index (χ1v) is 9.16. The Kier molecular flexibility index (Phi) is 8.85. The van der Waals surface area contributed by atoms with Crippen LogP contribution < -0.4 is 9.47 Å². The van der Waals surface area contributed by atoms with E-state index in [1.165, 1.54) is 7.11 Å². The standard InChI is InChI=1S/C21H31NO5/c1-8-9-17-10-11-18(19(12-17)25-7)26-13-20(23)27-16(6)21(24)22(14(2)3)15(4)5/h8-12,14-16H,13H2,1-7H3/b9-8+. The maximum atomic E-state index is 12.5. The molecule has 0 aliphatic rings. The number of ether oxygens (including phenoxy) is 3. The van der Waals surface area contributed by atoms with Crippen LogP contribution in [0.15, 0.2) is 24.3 Å². The molecular formula is C21H31NO5. The van der Waals surface area contributed by atoms with E-state index in [1.54, 1.807) is 17.9 Å². The number of hydrogen-bond donors (Lipinski definition) is 0. The maximum Gasteiger partial charge on any atom is 0.344 e. The molecule has 0 saturated carbocycles. The topological polar surface area (TPSA) is 65.1 Å². The Balaban J connectivity index is 2.68. The molecule has 1 aromatic carbocycles. The Labute approximate surface area is 162 Å². The average molecular weight is 377 g/mol. The van der Waals surface area contributed by atoms with Crippen molar-refractivity contribution in [1.82, 2.24) is 4.90 Å². The van der Waals surface area contributed by atoms with E-state index in [4.69, 9.17) is 14.2 Å². The molecule has 0 heterocycles. The van der Waals surface area contributed by atoms with Gasteiger partial charge in [-0.2, -0.15) is 0 Å². The molecule has 0 fully saturated rings. The lowest BCUT2D eigenvalue weighted by molar-refractivity contribution is -0.162. The average Bonchev–Trinajstić information content (AvgIpc) is 2.59. The Morgan fingerprint density at radius 3 is 2.22 bits per heavy atom. The molecular weight excluding hydrogens is 346 g/mol. The van der Waals surface area contributed by atoms with Gasteiger partial charge in [-0.3, -0.25) is 4.79 Å². The molecule has 1 amide bonds. The SMILES string of the molecule is C/C=C/c1ccc(OCC(=O)OC(C)C(=O)N(C(C)C)C(C)C)c(OC)c1. The van der Waals surface area contributed by atoms with Gasteiger partial charge in [0.05, 0.1) is 7.11 Å². The summed E-state index contributed by atoms with van der Waals surface area (Å²) >= 11 is 0. The van der Waals surface area contributed by atoms with Crippen molar-refractivity contribution in [3.63, 3.8) is 0 Å². The monoisotopic (exact) mass is 377 g/mol. The lowest BCUT2D eigenvalue weighted by atomic mass is 10.2. The number of benzene rings is 1. The van der Waals surface area contributed by atoms with E-state index < -0.39 is 12.1 Å². The lowest BCUT2D eigenvalue weighted by Gasteiger charge is -2.32. The number of amides is 1. The maximum absolute atomic E-state index is 12.5. The fourth-order valence-electron chi connectivity index (χ4n) is 2.83. The van der Waals surface area contributed by atoms with Gasteiger partial charge in [0.15, 0.2) is 24.2 Å². The molecule has 27 heavy (non-hydrogen) atoms. The second kappa shape index (κ2) is 10.6. The van der Waals surface area contributed by atoms with Crippen molar-refractivity contribution in [3.05, 3.63) is 29.8 Å². The van der Waals surface area contributed by atoms with Gasteiger partial charge in [0.1, 0.15) is 0 Å². The molecule has 1 atom stereocenters. The third-order valence-corrected chi connectivity index (χ3v) is 3.92. The molecule has 0 radical (unpaired) electrons.